The molecule has 2 aliphatic rings. The zero-order valence-corrected chi connectivity index (χ0v) is 24.1. The zero-order chi connectivity index (χ0) is 26.8. The quantitative estimate of drug-likeness (QED) is 0.174. The number of carbonyl (C=O) groups is 2. The molecule has 0 unspecified atom stereocenters. The molecular weight excluding hydrogens is 476 g/mol. The van der Waals surface area contributed by atoms with Gasteiger partial charge in [-0.05, 0) is 45.8 Å². The average molecular weight is 521 g/mol. The van der Waals surface area contributed by atoms with Crippen molar-refractivity contribution in [1.29, 1.82) is 0 Å². The van der Waals surface area contributed by atoms with Gasteiger partial charge in [0, 0.05) is 13.5 Å². The van der Waals surface area contributed by atoms with Crippen molar-refractivity contribution in [1.82, 2.24) is 0 Å². The number of rotatable bonds is 11. The Kier molecular flexibility index (Phi) is 9.71. The first kappa shape index (κ1) is 30.3. The van der Waals surface area contributed by atoms with E-state index in [2.05, 4.69) is 38.6 Å². The van der Waals surface area contributed by atoms with Gasteiger partial charge in [0.15, 0.2) is 19.9 Å². The summed E-state index contributed by atoms with van der Waals surface area (Å²) in [4.78, 5) is 24.7. The van der Waals surface area contributed by atoms with Crippen LogP contribution in [0.2, 0.25) is 18.1 Å². The summed E-state index contributed by atoms with van der Waals surface area (Å²) >= 11 is 0. The van der Waals surface area contributed by atoms with E-state index >= 15 is 0 Å². The molecule has 0 aromatic rings. The van der Waals surface area contributed by atoms with Crippen LogP contribution in [-0.4, -0.2) is 89.8 Å². The summed E-state index contributed by atoms with van der Waals surface area (Å²) in [6.45, 7) is 18.0. The van der Waals surface area contributed by atoms with Crippen LogP contribution in [0.5, 0.6) is 0 Å². The van der Waals surface area contributed by atoms with Gasteiger partial charge in [-0.2, -0.15) is 0 Å². The van der Waals surface area contributed by atoms with Gasteiger partial charge in [0.1, 0.15) is 31.2 Å². The Labute approximate surface area is 210 Å². The van der Waals surface area contributed by atoms with Crippen LogP contribution in [-0.2, 0) is 47.2 Å². The third kappa shape index (κ3) is 7.78. The predicted octanol–water partition coefficient (Wildman–Crippen LogP) is 3.17. The number of ketones is 1. The van der Waals surface area contributed by atoms with Crippen LogP contribution in [0.3, 0.4) is 0 Å². The van der Waals surface area contributed by atoms with Crippen molar-refractivity contribution in [3.63, 3.8) is 0 Å². The van der Waals surface area contributed by atoms with Crippen molar-refractivity contribution >= 4 is 20.1 Å². The largest absolute Gasteiger partial charge is 0.463 e. The lowest BCUT2D eigenvalue weighted by molar-refractivity contribution is -0.204. The van der Waals surface area contributed by atoms with Crippen molar-refractivity contribution in [3.05, 3.63) is 0 Å². The van der Waals surface area contributed by atoms with Crippen LogP contribution in [0, 0.1) is 0 Å². The average Bonchev–Trinajstić information content (AvgIpc) is 3.24. The number of ether oxygens (including phenoxy) is 7. The van der Waals surface area contributed by atoms with Crippen LogP contribution in [0.1, 0.15) is 54.9 Å². The van der Waals surface area contributed by atoms with Crippen molar-refractivity contribution < 1.29 is 47.2 Å². The molecule has 0 saturated carbocycles. The van der Waals surface area contributed by atoms with E-state index in [1.54, 1.807) is 13.8 Å². The minimum Gasteiger partial charge on any atom is -0.463 e. The fourth-order valence-electron chi connectivity index (χ4n) is 3.96. The molecule has 35 heavy (non-hydrogen) atoms. The third-order valence-corrected chi connectivity index (χ3v) is 11.2. The minimum absolute atomic E-state index is 0.00713. The van der Waals surface area contributed by atoms with Crippen molar-refractivity contribution in [3.8, 4) is 0 Å². The van der Waals surface area contributed by atoms with Crippen LogP contribution in [0.4, 0.5) is 0 Å². The Morgan fingerprint density at radius 1 is 1.00 bits per heavy atom. The Hall–Kier alpha value is -0.923. The molecule has 0 spiro atoms. The Bertz CT molecular complexity index is 745. The molecule has 0 N–H and O–H groups in total. The molecule has 11 heteroatoms. The smallest absolute Gasteiger partial charge is 0.374 e. The molecule has 10 nitrogen and oxygen atoms in total. The number of hydrogen-bond acceptors (Lipinski definition) is 10. The second-order valence-electron chi connectivity index (χ2n) is 11.5. The highest BCUT2D eigenvalue weighted by molar-refractivity contribution is 6.74. The lowest BCUT2D eigenvalue weighted by Gasteiger charge is -2.41. The van der Waals surface area contributed by atoms with Crippen molar-refractivity contribution in [2.45, 2.75) is 115 Å². The van der Waals surface area contributed by atoms with E-state index in [-0.39, 0.29) is 24.9 Å². The first-order valence-electron chi connectivity index (χ1n) is 12.0. The predicted molar refractivity (Wildman–Crippen MR) is 129 cm³/mol. The van der Waals surface area contributed by atoms with Crippen molar-refractivity contribution in [2.75, 3.05) is 27.6 Å². The monoisotopic (exact) mass is 520 g/mol. The highest BCUT2D eigenvalue weighted by Crippen LogP contribution is 2.42. The molecule has 2 saturated heterocycles. The van der Waals surface area contributed by atoms with Gasteiger partial charge in [-0.1, -0.05) is 20.8 Å². The summed E-state index contributed by atoms with van der Waals surface area (Å²) in [6.07, 6.45) is -3.55. The summed E-state index contributed by atoms with van der Waals surface area (Å²) in [5.74, 6) is -3.41. The van der Waals surface area contributed by atoms with Crippen LogP contribution in [0.15, 0.2) is 0 Å². The van der Waals surface area contributed by atoms with Crippen LogP contribution >= 0.6 is 0 Å². The maximum atomic E-state index is 12.7. The van der Waals surface area contributed by atoms with Crippen LogP contribution < -0.4 is 0 Å². The van der Waals surface area contributed by atoms with Gasteiger partial charge in [0.25, 0.3) is 0 Å². The Morgan fingerprint density at radius 3 is 2.09 bits per heavy atom. The number of carbonyl (C=O) groups excluding carboxylic acids is 2. The van der Waals surface area contributed by atoms with E-state index in [4.69, 9.17) is 32.8 Å². The molecule has 0 aromatic heterocycles. The molecule has 0 amide bonds. The minimum atomic E-state index is -2.40. The lowest BCUT2D eigenvalue weighted by atomic mass is 9.96. The SMILES string of the molecule is COCO[C@@H]([C@@H]1OC(C)(C)O[C@@H]1[C@@H](CC(=O)C(=O)OC)O[Si](C)(C)C(C)(C)C)[C@H]1COC(C)(C)O1. The highest BCUT2D eigenvalue weighted by atomic mass is 28.4. The third-order valence-electron chi connectivity index (χ3n) is 6.68. The Balaban J connectivity index is 2.46. The van der Waals surface area contributed by atoms with Gasteiger partial charge in [-0.25, -0.2) is 4.79 Å². The molecule has 204 valence electrons. The molecular formula is C24H44O10Si. The summed E-state index contributed by atoms with van der Waals surface area (Å²) in [7, 11) is 0.307. The zero-order valence-electron chi connectivity index (χ0n) is 23.1. The number of hydrogen-bond donors (Lipinski definition) is 0. The van der Waals surface area contributed by atoms with Crippen LogP contribution in [0.25, 0.3) is 0 Å². The Morgan fingerprint density at radius 2 is 1.60 bits per heavy atom. The first-order chi connectivity index (χ1) is 15.9. The maximum Gasteiger partial charge on any atom is 0.374 e. The summed E-state index contributed by atoms with van der Waals surface area (Å²) < 4.78 is 47.1. The van der Waals surface area contributed by atoms with E-state index in [1.165, 1.54) is 14.2 Å². The van der Waals surface area contributed by atoms with Gasteiger partial charge >= 0.3 is 5.97 Å². The molecule has 0 bridgehead atoms. The van der Waals surface area contributed by atoms with Gasteiger partial charge in [0.05, 0.1) is 19.8 Å². The molecule has 2 aliphatic heterocycles. The van der Waals surface area contributed by atoms with Crippen molar-refractivity contribution in [2.24, 2.45) is 0 Å². The molecule has 2 fully saturated rings. The summed E-state index contributed by atoms with van der Waals surface area (Å²) in [6, 6.07) is 0. The highest BCUT2D eigenvalue weighted by Gasteiger charge is 2.55. The van der Waals surface area contributed by atoms with E-state index in [0.717, 1.165) is 0 Å². The normalized spacial score (nSPS) is 28.0. The van der Waals surface area contributed by atoms with E-state index in [0.29, 0.717) is 0 Å². The summed E-state index contributed by atoms with van der Waals surface area (Å²) in [5.41, 5.74) is 0. The van der Waals surface area contributed by atoms with E-state index < -0.39 is 62.2 Å². The molecule has 0 aromatic carbocycles. The first-order valence-corrected chi connectivity index (χ1v) is 14.9. The van der Waals surface area contributed by atoms with Gasteiger partial charge in [-0.3, -0.25) is 4.79 Å². The molecule has 2 rings (SSSR count). The second-order valence-corrected chi connectivity index (χ2v) is 16.3. The van der Waals surface area contributed by atoms with E-state index in [9.17, 15) is 9.59 Å². The molecule has 0 aliphatic carbocycles. The number of Topliss-reactive ketones (excluding diaryl/α,β-unsaturated/α-hetero) is 1. The van der Waals surface area contributed by atoms with Gasteiger partial charge in [0.2, 0.25) is 5.78 Å². The summed E-state index contributed by atoms with van der Waals surface area (Å²) in [5, 5.41) is -0.150. The lowest BCUT2D eigenvalue weighted by Crippen LogP contribution is -2.54. The fraction of sp³-hybridized carbons (Fsp3) is 0.917. The van der Waals surface area contributed by atoms with E-state index in [1.807, 2.05) is 13.8 Å². The molecule has 5 atom stereocenters. The topological polar surface area (TPSA) is 108 Å². The van der Waals surface area contributed by atoms with Gasteiger partial charge < -0.3 is 37.6 Å². The number of methoxy groups -OCH3 is 2. The molecule has 0 radical (unpaired) electrons. The van der Waals surface area contributed by atoms with Gasteiger partial charge in [-0.15, -0.1) is 0 Å². The molecule has 2 heterocycles. The second kappa shape index (κ2) is 11.2. The fourth-order valence-corrected chi connectivity index (χ4v) is 5.28. The number of esters is 1. The standard InChI is InChI=1S/C24H44O10Si/c1-22(2,3)35(10,11)34-16(12-15(25)21(26)28-9)19-20(33-24(6,7)32-19)18(29-14-27-8)17-13-30-23(4,5)31-17/h16-20H,12-14H2,1-11H3/t16-,17-,18-,19-,20+/m1/s1. The maximum absolute atomic E-state index is 12.7.